The van der Waals surface area contributed by atoms with Crippen LogP contribution in [0.3, 0.4) is 0 Å². The standard InChI is InChI=1S/C24H24N4O6S/c1-5-20-27-28-21(29)12-16(26-24(28)35-20)13-34-17-8-6-7-15(11-17)25-23(30)14-9-18(31-2)22(33-4)19(10-14)32-3/h6-12H,5,13H2,1-4H3,(H,25,30). The van der Waals surface area contributed by atoms with Gasteiger partial charge < -0.3 is 24.3 Å². The van der Waals surface area contributed by atoms with Gasteiger partial charge in [-0.3, -0.25) is 9.59 Å². The zero-order chi connectivity index (χ0) is 24.9. The zero-order valence-electron chi connectivity index (χ0n) is 19.7. The van der Waals surface area contributed by atoms with E-state index in [9.17, 15) is 9.59 Å². The van der Waals surface area contributed by atoms with E-state index >= 15 is 0 Å². The van der Waals surface area contributed by atoms with Crippen LogP contribution in [-0.2, 0) is 13.0 Å². The number of benzene rings is 2. The first-order chi connectivity index (χ1) is 16.9. The van der Waals surface area contributed by atoms with E-state index in [0.717, 1.165) is 11.4 Å². The van der Waals surface area contributed by atoms with E-state index in [4.69, 9.17) is 18.9 Å². The topological polar surface area (TPSA) is 113 Å². The molecule has 0 unspecified atom stereocenters. The number of anilines is 1. The minimum absolute atomic E-state index is 0.0926. The lowest BCUT2D eigenvalue weighted by Gasteiger charge is -2.14. The van der Waals surface area contributed by atoms with Crippen LogP contribution in [0.4, 0.5) is 5.69 Å². The van der Waals surface area contributed by atoms with Crippen molar-refractivity contribution < 1.29 is 23.7 Å². The largest absolute Gasteiger partial charge is 0.493 e. The minimum Gasteiger partial charge on any atom is -0.493 e. The molecule has 0 saturated carbocycles. The Labute approximate surface area is 205 Å². The van der Waals surface area contributed by atoms with Crippen molar-refractivity contribution in [1.82, 2.24) is 14.6 Å². The summed E-state index contributed by atoms with van der Waals surface area (Å²) in [6.45, 7) is 2.07. The molecule has 182 valence electrons. The van der Waals surface area contributed by atoms with E-state index < -0.39 is 0 Å². The molecule has 4 aromatic rings. The third-order valence-corrected chi connectivity index (χ3v) is 6.10. The lowest BCUT2D eigenvalue weighted by molar-refractivity contribution is 0.102. The predicted molar refractivity (Wildman–Crippen MR) is 131 cm³/mol. The molecule has 4 rings (SSSR count). The minimum atomic E-state index is -0.363. The van der Waals surface area contributed by atoms with Crippen LogP contribution in [0.25, 0.3) is 4.96 Å². The molecule has 0 aliphatic rings. The number of nitrogens with zero attached hydrogens (tertiary/aromatic N) is 3. The van der Waals surface area contributed by atoms with Gasteiger partial charge in [0.05, 0.1) is 27.0 Å². The lowest BCUT2D eigenvalue weighted by atomic mass is 10.1. The average molecular weight is 497 g/mol. The summed E-state index contributed by atoms with van der Waals surface area (Å²) < 4.78 is 23.1. The molecule has 1 N–H and O–H groups in total. The van der Waals surface area contributed by atoms with Crippen molar-refractivity contribution in [2.75, 3.05) is 26.6 Å². The normalized spacial score (nSPS) is 10.7. The van der Waals surface area contributed by atoms with Crippen molar-refractivity contribution in [3.63, 3.8) is 0 Å². The zero-order valence-corrected chi connectivity index (χ0v) is 20.5. The Bertz CT molecular complexity index is 1410. The summed E-state index contributed by atoms with van der Waals surface area (Å²) in [5.74, 6) is 1.30. The molecule has 11 heteroatoms. The fourth-order valence-electron chi connectivity index (χ4n) is 3.35. The number of rotatable bonds is 9. The van der Waals surface area contributed by atoms with E-state index in [2.05, 4.69) is 15.4 Å². The summed E-state index contributed by atoms with van der Waals surface area (Å²) in [5, 5.41) is 7.91. The third-order valence-electron chi connectivity index (χ3n) is 5.05. The Morgan fingerprint density at radius 3 is 2.46 bits per heavy atom. The second kappa shape index (κ2) is 10.4. The maximum Gasteiger partial charge on any atom is 0.275 e. The number of carbonyl (C=O) groups excluding carboxylic acids is 1. The van der Waals surface area contributed by atoms with Gasteiger partial charge in [0.2, 0.25) is 10.7 Å². The molecule has 0 atom stereocenters. The van der Waals surface area contributed by atoms with Gasteiger partial charge in [-0.25, -0.2) is 4.98 Å². The van der Waals surface area contributed by atoms with Gasteiger partial charge in [0, 0.05) is 23.4 Å². The van der Waals surface area contributed by atoms with Crippen molar-refractivity contribution in [2.45, 2.75) is 20.0 Å². The lowest BCUT2D eigenvalue weighted by Crippen LogP contribution is -2.16. The molecule has 1 amide bonds. The van der Waals surface area contributed by atoms with Gasteiger partial charge in [0.15, 0.2) is 11.5 Å². The summed E-state index contributed by atoms with van der Waals surface area (Å²) in [4.78, 5) is 30.2. The van der Waals surface area contributed by atoms with Crippen molar-refractivity contribution in [3.8, 4) is 23.0 Å². The van der Waals surface area contributed by atoms with Gasteiger partial charge in [-0.1, -0.05) is 24.3 Å². The molecule has 2 aromatic carbocycles. The maximum atomic E-state index is 12.9. The van der Waals surface area contributed by atoms with Crippen molar-refractivity contribution in [2.24, 2.45) is 0 Å². The Hall–Kier alpha value is -4.12. The monoisotopic (exact) mass is 496 g/mol. The van der Waals surface area contributed by atoms with Gasteiger partial charge in [-0.2, -0.15) is 9.61 Å². The van der Waals surface area contributed by atoms with Crippen LogP contribution in [-0.4, -0.2) is 41.8 Å². The number of hydrogen-bond acceptors (Lipinski definition) is 9. The first-order valence-electron chi connectivity index (χ1n) is 10.7. The van der Waals surface area contributed by atoms with Crippen LogP contribution in [0.5, 0.6) is 23.0 Å². The van der Waals surface area contributed by atoms with Crippen LogP contribution in [0.2, 0.25) is 0 Å². The Morgan fingerprint density at radius 2 is 1.80 bits per heavy atom. The molecule has 0 fully saturated rings. The van der Waals surface area contributed by atoms with Crippen LogP contribution in [0.15, 0.2) is 47.3 Å². The number of aryl methyl sites for hydroxylation is 1. The van der Waals surface area contributed by atoms with E-state index in [0.29, 0.717) is 44.9 Å². The van der Waals surface area contributed by atoms with Crippen molar-refractivity contribution >= 4 is 27.9 Å². The highest BCUT2D eigenvalue weighted by Crippen LogP contribution is 2.38. The molecule has 2 aromatic heterocycles. The highest BCUT2D eigenvalue weighted by Gasteiger charge is 2.17. The van der Waals surface area contributed by atoms with Gasteiger partial charge in [0.1, 0.15) is 17.4 Å². The first-order valence-corrected chi connectivity index (χ1v) is 11.5. The van der Waals surface area contributed by atoms with Crippen LogP contribution in [0.1, 0.15) is 28.0 Å². The molecule has 10 nitrogen and oxygen atoms in total. The van der Waals surface area contributed by atoms with E-state index in [1.165, 1.54) is 43.2 Å². The number of aromatic nitrogens is 3. The molecular weight excluding hydrogens is 472 g/mol. The highest BCUT2D eigenvalue weighted by atomic mass is 32.1. The van der Waals surface area contributed by atoms with Crippen molar-refractivity contribution in [3.05, 3.63) is 69.1 Å². The fourth-order valence-corrected chi connectivity index (χ4v) is 4.21. The maximum absolute atomic E-state index is 12.9. The quantitative estimate of drug-likeness (QED) is 0.374. The second-order valence-electron chi connectivity index (χ2n) is 7.31. The first kappa shape index (κ1) is 24.0. The molecule has 2 heterocycles. The van der Waals surface area contributed by atoms with Gasteiger partial charge in [-0.05, 0) is 30.7 Å². The Balaban J connectivity index is 1.48. The van der Waals surface area contributed by atoms with Crippen LogP contribution in [0, 0.1) is 0 Å². The molecular formula is C24H24N4O6S. The molecule has 0 bridgehead atoms. The van der Waals surface area contributed by atoms with Gasteiger partial charge in [-0.15, -0.1) is 0 Å². The SMILES string of the molecule is CCc1nn2c(=O)cc(COc3cccc(NC(=O)c4cc(OC)c(OC)c(OC)c4)c3)nc2s1. The van der Waals surface area contributed by atoms with Crippen molar-refractivity contribution in [1.29, 1.82) is 0 Å². The third kappa shape index (κ3) is 5.19. The number of fused-ring (bicyclic) bond motifs is 1. The Morgan fingerprint density at radius 1 is 1.06 bits per heavy atom. The molecule has 0 aliphatic carbocycles. The van der Waals surface area contributed by atoms with E-state index in [-0.39, 0.29) is 18.1 Å². The smallest absolute Gasteiger partial charge is 0.275 e. The van der Waals surface area contributed by atoms with Crippen LogP contribution < -0.4 is 29.8 Å². The Kier molecular flexibility index (Phi) is 7.16. The second-order valence-corrected chi connectivity index (χ2v) is 8.35. The van der Waals surface area contributed by atoms with E-state index in [1.807, 2.05) is 6.92 Å². The number of ether oxygens (including phenoxy) is 4. The fraction of sp³-hybridized carbons (Fsp3) is 0.250. The molecule has 0 saturated heterocycles. The summed E-state index contributed by atoms with van der Waals surface area (Å²) >= 11 is 1.37. The summed E-state index contributed by atoms with van der Waals surface area (Å²) in [7, 11) is 4.47. The summed E-state index contributed by atoms with van der Waals surface area (Å²) in [6.07, 6.45) is 0.730. The highest BCUT2D eigenvalue weighted by molar-refractivity contribution is 7.16. The van der Waals surface area contributed by atoms with Crippen LogP contribution >= 0.6 is 11.3 Å². The predicted octanol–water partition coefficient (Wildman–Crippen LogP) is 3.57. The number of nitrogens with one attached hydrogen (secondary N) is 1. The molecule has 0 spiro atoms. The molecule has 0 radical (unpaired) electrons. The molecule has 35 heavy (non-hydrogen) atoms. The number of amides is 1. The van der Waals surface area contributed by atoms with Gasteiger partial charge >= 0.3 is 0 Å². The molecule has 0 aliphatic heterocycles. The average Bonchev–Trinajstić information content (AvgIpc) is 3.30. The number of methoxy groups -OCH3 is 3. The summed E-state index contributed by atoms with van der Waals surface area (Å²) in [5.41, 5.74) is 1.10. The number of hydrogen-bond donors (Lipinski definition) is 1. The number of carbonyl (C=O) groups is 1. The van der Waals surface area contributed by atoms with Gasteiger partial charge in [0.25, 0.3) is 11.5 Å². The van der Waals surface area contributed by atoms with E-state index in [1.54, 1.807) is 36.4 Å². The summed E-state index contributed by atoms with van der Waals surface area (Å²) in [6, 6.07) is 11.5.